The van der Waals surface area contributed by atoms with Crippen molar-refractivity contribution in [1.29, 1.82) is 0 Å². The highest BCUT2D eigenvalue weighted by atomic mass is 19.1. The van der Waals surface area contributed by atoms with E-state index in [0.29, 0.717) is 0 Å². The van der Waals surface area contributed by atoms with Gasteiger partial charge in [0.25, 0.3) is 0 Å². The van der Waals surface area contributed by atoms with Gasteiger partial charge in [-0.25, -0.2) is 14.6 Å². The van der Waals surface area contributed by atoms with E-state index in [9.17, 15) is 9.18 Å². The summed E-state index contributed by atoms with van der Waals surface area (Å²) in [5.41, 5.74) is 8.66. The molecule has 2 rings (SSSR count). The second kappa shape index (κ2) is 7.04. The zero-order valence-corrected chi connectivity index (χ0v) is 11.1. The van der Waals surface area contributed by atoms with Gasteiger partial charge in [0.1, 0.15) is 6.61 Å². The minimum Gasteiger partial charge on any atom is -0.486 e. The molecule has 2 aromatic carbocycles. The number of halogens is 1. The van der Waals surface area contributed by atoms with Crippen LogP contribution in [0.1, 0.15) is 11.1 Å². The summed E-state index contributed by atoms with van der Waals surface area (Å²) in [6.07, 6.45) is 1.46. The van der Waals surface area contributed by atoms with Gasteiger partial charge in [-0.2, -0.15) is 5.10 Å². The molecule has 3 N–H and O–H groups in total. The van der Waals surface area contributed by atoms with Gasteiger partial charge in [-0.3, -0.25) is 0 Å². The second-order valence-corrected chi connectivity index (χ2v) is 4.19. The van der Waals surface area contributed by atoms with Crippen LogP contribution in [0.3, 0.4) is 0 Å². The molecule has 0 aliphatic carbocycles. The Kier molecular flexibility index (Phi) is 4.87. The molecule has 0 saturated heterocycles. The number of nitrogens with two attached hydrogens (primary N) is 1. The number of nitrogens with zero attached hydrogens (tertiary/aromatic N) is 1. The SMILES string of the molecule is NC(=O)NN=Cc1ccc(COc2ccccc2F)cc1. The molecule has 0 bridgehead atoms. The van der Waals surface area contributed by atoms with Crippen LogP contribution >= 0.6 is 0 Å². The third-order valence-corrected chi connectivity index (χ3v) is 2.60. The highest BCUT2D eigenvalue weighted by Gasteiger charge is 2.01. The first-order valence-electron chi connectivity index (χ1n) is 6.20. The molecule has 0 fully saturated rings. The van der Waals surface area contributed by atoms with Crippen LogP contribution in [0.25, 0.3) is 0 Å². The van der Waals surface area contributed by atoms with E-state index < -0.39 is 11.8 Å². The van der Waals surface area contributed by atoms with Crippen molar-refractivity contribution in [3.63, 3.8) is 0 Å². The van der Waals surface area contributed by atoms with E-state index in [1.165, 1.54) is 12.3 Å². The number of hydrogen-bond donors (Lipinski definition) is 2. The van der Waals surface area contributed by atoms with E-state index in [4.69, 9.17) is 10.5 Å². The Morgan fingerprint density at radius 2 is 1.95 bits per heavy atom. The average molecular weight is 287 g/mol. The van der Waals surface area contributed by atoms with Crippen LogP contribution in [0.5, 0.6) is 5.75 Å². The fourth-order valence-corrected chi connectivity index (χ4v) is 1.59. The number of hydrogen-bond acceptors (Lipinski definition) is 3. The molecular weight excluding hydrogens is 273 g/mol. The van der Waals surface area contributed by atoms with Gasteiger partial charge in [0, 0.05) is 0 Å². The molecule has 0 unspecified atom stereocenters. The summed E-state index contributed by atoms with van der Waals surface area (Å²) in [4.78, 5) is 10.4. The lowest BCUT2D eigenvalue weighted by atomic mass is 10.1. The van der Waals surface area contributed by atoms with Gasteiger partial charge in [-0.15, -0.1) is 0 Å². The Bertz CT molecular complexity index is 642. The van der Waals surface area contributed by atoms with Crippen LogP contribution in [0.2, 0.25) is 0 Å². The number of primary amides is 1. The van der Waals surface area contributed by atoms with E-state index in [0.717, 1.165) is 11.1 Å². The Morgan fingerprint density at radius 1 is 1.24 bits per heavy atom. The number of nitrogens with one attached hydrogen (secondary N) is 1. The van der Waals surface area contributed by atoms with Crippen molar-refractivity contribution in [2.45, 2.75) is 6.61 Å². The van der Waals surface area contributed by atoms with Crippen molar-refractivity contribution < 1.29 is 13.9 Å². The van der Waals surface area contributed by atoms with Crippen LogP contribution in [0, 0.1) is 5.82 Å². The van der Waals surface area contributed by atoms with Crippen LogP contribution in [-0.4, -0.2) is 12.2 Å². The van der Waals surface area contributed by atoms with E-state index in [1.54, 1.807) is 30.3 Å². The van der Waals surface area contributed by atoms with E-state index in [1.807, 2.05) is 12.1 Å². The quantitative estimate of drug-likeness (QED) is 0.654. The van der Waals surface area contributed by atoms with Crippen LogP contribution < -0.4 is 15.9 Å². The fraction of sp³-hybridized carbons (Fsp3) is 0.0667. The van der Waals surface area contributed by atoms with Gasteiger partial charge in [-0.1, -0.05) is 36.4 Å². The molecule has 0 atom stereocenters. The Morgan fingerprint density at radius 3 is 2.62 bits per heavy atom. The largest absolute Gasteiger partial charge is 0.486 e. The highest BCUT2D eigenvalue weighted by molar-refractivity contribution is 5.81. The second-order valence-electron chi connectivity index (χ2n) is 4.19. The summed E-state index contributed by atoms with van der Waals surface area (Å²) in [6.45, 7) is 0.262. The molecular formula is C15H14FN3O2. The van der Waals surface area contributed by atoms with E-state index in [2.05, 4.69) is 10.5 Å². The first kappa shape index (κ1) is 14.5. The van der Waals surface area contributed by atoms with Crippen LogP contribution in [-0.2, 0) is 6.61 Å². The first-order valence-corrected chi connectivity index (χ1v) is 6.20. The number of ether oxygens (including phenoxy) is 1. The lowest BCUT2D eigenvalue weighted by molar-refractivity contribution is 0.249. The monoisotopic (exact) mass is 287 g/mol. The van der Waals surface area contributed by atoms with Crippen molar-refractivity contribution in [3.8, 4) is 5.75 Å². The third kappa shape index (κ3) is 4.61. The molecule has 0 aliphatic rings. The molecule has 0 saturated carbocycles. The predicted molar refractivity (Wildman–Crippen MR) is 77.5 cm³/mol. The maximum atomic E-state index is 13.4. The molecule has 6 heteroatoms. The first-order chi connectivity index (χ1) is 10.1. The number of carbonyl (C=O) groups excluding carboxylic acids is 1. The summed E-state index contributed by atoms with van der Waals surface area (Å²) < 4.78 is 18.8. The Balaban J connectivity index is 1.92. The molecule has 0 heterocycles. The van der Waals surface area contributed by atoms with Crippen molar-refractivity contribution in [1.82, 2.24) is 5.43 Å². The van der Waals surface area contributed by atoms with Crippen LogP contribution in [0.4, 0.5) is 9.18 Å². The van der Waals surface area contributed by atoms with Crippen LogP contribution in [0.15, 0.2) is 53.6 Å². The van der Waals surface area contributed by atoms with Gasteiger partial charge in [0.15, 0.2) is 11.6 Å². The lowest BCUT2D eigenvalue weighted by Crippen LogP contribution is -2.24. The summed E-state index contributed by atoms with van der Waals surface area (Å²) >= 11 is 0. The summed E-state index contributed by atoms with van der Waals surface area (Å²) in [5.74, 6) is -0.174. The van der Waals surface area contributed by atoms with Gasteiger partial charge >= 0.3 is 6.03 Å². The normalized spacial score (nSPS) is 10.5. The molecule has 0 spiro atoms. The zero-order chi connectivity index (χ0) is 15.1. The number of amides is 2. The number of para-hydroxylation sites is 1. The van der Waals surface area contributed by atoms with Crippen molar-refractivity contribution in [2.24, 2.45) is 10.8 Å². The molecule has 0 radical (unpaired) electrons. The maximum Gasteiger partial charge on any atom is 0.332 e. The topological polar surface area (TPSA) is 76.7 Å². The van der Waals surface area contributed by atoms with Gasteiger partial charge < -0.3 is 10.5 Å². The predicted octanol–water partition coefficient (Wildman–Crippen LogP) is 2.41. The number of carbonyl (C=O) groups is 1. The number of benzene rings is 2. The fourth-order valence-electron chi connectivity index (χ4n) is 1.59. The summed E-state index contributed by atoms with van der Waals surface area (Å²) in [7, 11) is 0. The Hall–Kier alpha value is -2.89. The molecule has 2 amide bonds. The highest BCUT2D eigenvalue weighted by Crippen LogP contribution is 2.17. The average Bonchev–Trinajstić information content (AvgIpc) is 2.47. The number of hydrazone groups is 1. The number of urea groups is 1. The number of rotatable bonds is 5. The molecule has 0 aliphatic heterocycles. The van der Waals surface area contributed by atoms with Crippen molar-refractivity contribution >= 4 is 12.2 Å². The summed E-state index contributed by atoms with van der Waals surface area (Å²) in [6, 6.07) is 12.8. The molecule has 5 nitrogen and oxygen atoms in total. The maximum absolute atomic E-state index is 13.4. The standard InChI is InChI=1S/C15H14FN3O2/c16-13-3-1-2-4-14(13)21-10-12-7-5-11(6-8-12)9-18-19-15(17)20/h1-9H,10H2,(H3,17,19,20). The molecule has 2 aromatic rings. The van der Waals surface area contributed by atoms with Crippen molar-refractivity contribution in [3.05, 3.63) is 65.5 Å². The van der Waals surface area contributed by atoms with E-state index >= 15 is 0 Å². The Labute approximate surface area is 121 Å². The molecule has 108 valence electrons. The van der Waals surface area contributed by atoms with Gasteiger partial charge in [0.2, 0.25) is 0 Å². The minimum atomic E-state index is -0.721. The lowest BCUT2D eigenvalue weighted by Gasteiger charge is -2.07. The van der Waals surface area contributed by atoms with E-state index in [-0.39, 0.29) is 12.4 Å². The van der Waals surface area contributed by atoms with Gasteiger partial charge in [0.05, 0.1) is 6.21 Å². The smallest absolute Gasteiger partial charge is 0.332 e. The zero-order valence-electron chi connectivity index (χ0n) is 11.1. The summed E-state index contributed by atoms with van der Waals surface area (Å²) in [5, 5.41) is 3.65. The van der Waals surface area contributed by atoms with Crippen molar-refractivity contribution in [2.75, 3.05) is 0 Å². The molecule has 21 heavy (non-hydrogen) atoms. The third-order valence-electron chi connectivity index (χ3n) is 2.60. The minimum absolute atomic E-state index is 0.216. The molecule has 0 aromatic heterocycles. The van der Waals surface area contributed by atoms with Gasteiger partial charge in [-0.05, 0) is 23.3 Å².